The lowest BCUT2D eigenvalue weighted by Crippen LogP contribution is -2.43. The number of carbonyl (C=O) groups excluding carboxylic acids is 1. The molecule has 0 radical (unpaired) electrons. The van der Waals surface area contributed by atoms with E-state index in [-0.39, 0.29) is 12.5 Å². The summed E-state index contributed by atoms with van der Waals surface area (Å²) in [5.41, 5.74) is 0.321. The summed E-state index contributed by atoms with van der Waals surface area (Å²) < 4.78 is 5.46. The van der Waals surface area contributed by atoms with Crippen LogP contribution in [-0.2, 0) is 4.74 Å². The van der Waals surface area contributed by atoms with E-state index in [4.69, 9.17) is 21.4 Å². The summed E-state index contributed by atoms with van der Waals surface area (Å²) in [5.74, 6) is -0.651. The Kier molecular flexibility index (Phi) is 2.50. The molecule has 2 unspecified atom stereocenters. The van der Waals surface area contributed by atoms with Gasteiger partial charge in [0.25, 0.3) is 0 Å². The van der Waals surface area contributed by atoms with Crippen LogP contribution in [-0.4, -0.2) is 40.8 Å². The molecule has 0 saturated carbocycles. The molecule has 0 spiro atoms. The monoisotopic (exact) mass is 281 g/mol. The van der Waals surface area contributed by atoms with Gasteiger partial charge in [-0.2, -0.15) is 0 Å². The zero-order valence-electron chi connectivity index (χ0n) is 10.2. The molecule has 1 saturated heterocycles. The van der Waals surface area contributed by atoms with Crippen LogP contribution >= 0.6 is 11.6 Å². The number of hydrogen-bond acceptors (Lipinski definition) is 3. The molecule has 3 rings (SSSR count). The van der Waals surface area contributed by atoms with Gasteiger partial charge in [-0.25, -0.2) is 9.59 Å². The van der Waals surface area contributed by atoms with Gasteiger partial charge in [0.1, 0.15) is 5.60 Å². The standard InChI is InChI=1S/C13H12ClNO4/c1-13-6-15(12(17)18)5-8(13)7-3-2-4-9(14)10(7)11(16)19-13/h2-4,8H,5-6H2,1H3,(H,17,18). The summed E-state index contributed by atoms with van der Waals surface area (Å²) in [4.78, 5) is 24.4. The van der Waals surface area contributed by atoms with Gasteiger partial charge in [-0.3, -0.25) is 0 Å². The summed E-state index contributed by atoms with van der Waals surface area (Å²) in [6.45, 7) is 2.26. The lowest BCUT2D eigenvalue weighted by Gasteiger charge is -2.35. The van der Waals surface area contributed by atoms with Crippen LogP contribution in [0.1, 0.15) is 28.8 Å². The first kappa shape index (κ1) is 12.3. The van der Waals surface area contributed by atoms with Crippen LogP contribution in [0.5, 0.6) is 0 Å². The van der Waals surface area contributed by atoms with E-state index < -0.39 is 17.7 Å². The molecule has 1 amide bonds. The first-order valence-corrected chi connectivity index (χ1v) is 6.30. The first-order valence-electron chi connectivity index (χ1n) is 5.92. The third-order valence-electron chi connectivity index (χ3n) is 3.87. The predicted molar refractivity (Wildman–Crippen MR) is 67.6 cm³/mol. The van der Waals surface area contributed by atoms with Crippen LogP contribution in [0.15, 0.2) is 18.2 Å². The molecule has 1 aromatic carbocycles. The SMILES string of the molecule is CC12CN(C(=O)O)CC1c1cccc(Cl)c1C(=O)O2. The molecule has 2 atom stereocenters. The van der Waals surface area contributed by atoms with Gasteiger partial charge in [0.2, 0.25) is 0 Å². The highest BCUT2D eigenvalue weighted by Crippen LogP contribution is 2.45. The zero-order chi connectivity index (χ0) is 13.8. The van der Waals surface area contributed by atoms with Crippen molar-refractivity contribution in [2.24, 2.45) is 0 Å². The van der Waals surface area contributed by atoms with Crippen molar-refractivity contribution in [1.82, 2.24) is 4.90 Å². The van der Waals surface area contributed by atoms with Gasteiger partial charge in [-0.1, -0.05) is 23.7 Å². The highest BCUT2D eigenvalue weighted by atomic mass is 35.5. The molecule has 100 valence electrons. The Morgan fingerprint density at radius 3 is 3.00 bits per heavy atom. The lowest BCUT2D eigenvalue weighted by molar-refractivity contribution is -0.0172. The molecule has 0 aliphatic carbocycles. The van der Waals surface area contributed by atoms with Crippen LogP contribution in [0.4, 0.5) is 4.79 Å². The number of rotatable bonds is 0. The predicted octanol–water partition coefficient (Wildman–Crippen LogP) is 2.35. The van der Waals surface area contributed by atoms with Crippen LogP contribution in [0.3, 0.4) is 0 Å². The smallest absolute Gasteiger partial charge is 0.407 e. The Bertz CT molecular complexity index is 588. The number of likely N-dealkylation sites (tertiary alicyclic amines) is 1. The largest absolute Gasteiger partial charge is 0.465 e. The number of benzene rings is 1. The number of halogens is 1. The second kappa shape index (κ2) is 3.87. The van der Waals surface area contributed by atoms with Gasteiger partial charge in [-0.15, -0.1) is 0 Å². The van der Waals surface area contributed by atoms with E-state index in [9.17, 15) is 9.59 Å². The van der Waals surface area contributed by atoms with Crippen molar-refractivity contribution < 1.29 is 19.4 Å². The second-order valence-electron chi connectivity index (χ2n) is 5.12. The second-order valence-corrected chi connectivity index (χ2v) is 5.53. The lowest BCUT2D eigenvalue weighted by atomic mass is 9.81. The van der Waals surface area contributed by atoms with Crippen molar-refractivity contribution in [3.05, 3.63) is 34.3 Å². The molecule has 2 aliphatic rings. The Hall–Kier alpha value is -1.75. The number of fused-ring (bicyclic) bond motifs is 3. The van der Waals surface area contributed by atoms with Crippen molar-refractivity contribution in [2.75, 3.05) is 13.1 Å². The molecule has 5 nitrogen and oxygen atoms in total. The van der Waals surface area contributed by atoms with Crippen molar-refractivity contribution in [3.8, 4) is 0 Å². The van der Waals surface area contributed by atoms with Crippen molar-refractivity contribution in [1.29, 1.82) is 0 Å². The van der Waals surface area contributed by atoms with Crippen LogP contribution in [0.25, 0.3) is 0 Å². The van der Waals surface area contributed by atoms with E-state index in [0.29, 0.717) is 17.1 Å². The van der Waals surface area contributed by atoms with Gasteiger partial charge in [0.05, 0.1) is 17.1 Å². The number of ether oxygens (including phenoxy) is 1. The molecule has 1 fully saturated rings. The van der Waals surface area contributed by atoms with Crippen molar-refractivity contribution in [3.63, 3.8) is 0 Å². The average molecular weight is 282 g/mol. The molecule has 19 heavy (non-hydrogen) atoms. The summed E-state index contributed by atoms with van der Waals surface area (Å²) in [6.07, 6.45) is -1.00. The number of carboxylic acid groups (broad SMARTS) is 1. The van der Waals surface area contributed by atoms with E-state index in [1.807, 2.05) is 6.07 Å². The Morgan fingerprint density at radius 1 is 1.58 bits per heavy atom. The van der Waals surface area contributed by atoms with E-state index in [1.54, 1.807) is 19.1 Å². The van der Waals surface area contributed by atoms with E-state index in [0.717, 1.165) is 5.56 Å². The van der Waals surface area contributed by atoms with E-state index >= 15 is 0 Å². The Labute approximate surface area is 114 Å². The average Bonchev–Trinajstić information content (AvgIpc) is 2.66. The first-order chi connectivity index (χ1) is 8.92. The minimum absolute atomic E-state index is 0.171. The molecule has 1 N–H and O–H groups in total. The fraction of sp³-hybridized carbons (Fsp3) is 0.385. The fourth-order valence-electron chi connectivity index (χ4n) is 2.95. The minimum atomic E-state index is -1.00. The highest BCUT2D eigenvalue weighted by molar-refractivity contribution is 6.33. The number of esters is 1. The molecule has 1 aromatic rings. The molecule has 2 heterocycles. The molecule has 0 aromatic heterocycles. The van der Waals surface area contributed by atoms with Crippen LogP contribution < -0.4 is 0 Å². The molecule has 2 aliphatic heterocycles. The topological polar surface area (TPSA) is 66.8 Å². The third kappa shape index (κ3) is 1.69. The summed E-state index contributed by atoms with van der Waals surface area (Å²) in [5, 5.41) is 9.45. The molecular weight excluding hydrogens is 270 g/mol. The number of hydrogen-bond donors (Lipinski definition) is 1. The molecular formula is C13H12ClNO4. The Morgan fingerprint density at radius 2 is 2.32 bits per heavy atom. The maximum atomic E-state index is 12.1. The Balaban J connectivity index is 2.11. The number of nitrogens with zero attached hydrogens (tertiary/aromatic N) is 1. The van der Waals surface area contributed by atoms with Crippen LogP contribution in [0, 0.1) is 0 Å². The van der Waals surface area contributed by atoms with Crippen molar-refractivity contribution >= 4 is 23.7 Å². The minimum Gasteiger partial charge on any atom is -0.465 e. The van der Waals surface area contributed by atoms with Gasteiger partial charge >= 0.3 is 12.1 Å². The third-order valence-corrected chi connectivity index (χ3v) is 4.18. The van der Waals surface area contributed by atoms with E-state index in [2.05, 4.69) is 0 Å². The molecule has 6 heteroatoms. The maximum Gasteiger partial charge on any atom is 0.407 e. The summed E-state index contributed by atoms with van der Waals surface area (Å²) >= 11 is 6.04. The van der Waals surface area contributed by atoms with Gasteiger partial charge in [0, 0.05) is 12.5 Å². The quantitative estimate of drug-likeness (QED) is 0.741. The fourth-order valence-corrected chi connectivity index (χ4v) is 3.21. The van der Waals surface area contributed by atoms with Crippen LogP contribution in [0.2, 0.25) is 5.02 Å². The van der Waals surface area contributed by atoms with Gasteiger partial charge in [-0.05, 0) is 18.6 Å². The number of carbonyl (C=O) groups is 2. The van der Waals surface area contributed by atoms with E-state index in [1.165, 1.54) is 4.90 Å². The van der Waals surface area contributed by atoms with Gasteiger partial charge in [0.15, 0.2) is 0 Å². The summed E-state index contributed by atoms with van der Waals surface area (Å²) in [6, 6.07) is 5.22. The normalized spacial score (nSPS) is 28.6. The number of amides is 1. The van der Waals surface area contributed by atoms with Crippen molar-refractivity contribution in [2.45, 2.75) is 18.4 Å². The summed E-state index contributed by atoms with van der Waals surface area (Å²) in [7, 11) is 0. The maximum absolute atomic E-state index is 12.1. The zero-order valence-corrected chi connectivity index (χ0v) is 11.0. The van der Waals surface area contributed by atoms with Gasteiger partial charge < -0.3 is 14.7 Å². The highest BCUT2D eigenvalue weighted by Gasteiger charge is 2.52. The molecule has 0 bridgehead atoms.